The molecule has 0 atom stereocenters. The van der Waals surface area contributed by atoms with Crippen LogP contribution in [0.1, 0.15) is 42.1 Å². The minimum atomic E-state index is -0.364. The van der Waals surface area contributed by atoms with E-state index in [1.807, 2.05) is 13.0 Å². The Hall–Kier alpha value is -2.09. The van der Waals surface area contributed by atoms with Crippen LogP contribution in [-0.2, 0) is 11.2 Å². The van der Waals surface area contributed by atoms with Crippen molar-refractivity contribution in [2.75, 3.05) is 6.54 Å². The third kappa shape index (κ3) is 3.68. The van der Waals surface area contributed by atoms with Gasteiger partial charge in [-0.3, -0.25) is 9.59 Å². The first-order chi connectivity index (χ1) is 9.01. The lowest BCUT2D eigenvalue weighted by Crippen LogP contribution is -2.25. The quantitative estimate of drug-likeness (QED) is 0.838. The Morgan fingerprint density at radius 1 is 1.42 bits per heavy atom. The molecule has 0 aromatic carbocycles. The van der Waals surface area contributed by atoms with E-state index in [2.05, 4.69) is 10.3 Å². The maximum absolute atomic E-state index is 11.6. The molecule has 0 aliphatic carbocycles. The average molecular weight is 261 g/mol. The van der Waals surface area contributed by atoms with Crippen molar-refractivity contribution < 1.29 is 4.79 Å². The Balaban J connectivity index is 2.88. The molecule has 0 saturated heterocycles. The first kappa shape index (κ1) is 15.0. The van der Waals surface area contributed by atoms with Crippen molar-refractivity contribution >= 4 is 5.91 Å². The molecule has 1 amide bonds. The van der Waals surface area contributed by atoms with Gasteiger partial charge in [0.1, 0.15) is 11.6 Å². The molecule has 0 bridgehead atoms. The molecule has 0 fully saturated rings. The number of H-pyrrole nitrogens is 1. The molecule has 1 heterocycles. The van der Waals surface area contributed by atoms with E-state index in [4.69, 9.17) is 5.26 Å². The summed E-state index contributed by atoms with van der Waals surface area (Å²) in [5, 5.41) is 11.8. The predicted octanol–water partition coefficient (Wildman–Crippen LogP) is 1.32. The highest BCUT2D eigenvalue weighted by Crippen LogP contribution is 2.14. The van der Waals surface area contributed by atoms with E-state index in [1.165, 1.54) is 0 Å². The fraction of sp³-hybridized carbons (Fsp3) is 0.500. The topological polar surface area (TPSA) is 85.8 Å². The summed E-state index contributed by atoms with van der Waals surface area (Å²) in [5.74, 6) is -0.00893. The van der Waals surface area contributed by atoms with E-state index >= 15 is 0 Å². The van der Waals surface area contributed by atoms with Crippen LogP contribution in [0.2, 0.25) is 0 Å². The Bertz CT molecular complexity index is 567. The summed E-state index contributed by atoms with van der Waals surface area (Å²) in [5.41, 5.74) is 2.05. The molecular formula is C14H19N3O2. The normalized spacial score (nSPS) is 10.0. The summed E-state index contributed by atoms with van der Waals surface area (Å²) in [6.45, 7) is 6.20. The lowest BCUT2D eigenvalue weighted by molar-refractivity contribution is -0.121. The second kappa shape index (κ2) is 6.74. The average Bonchev–Trinajstić information content (AvgIpc) is 2.36. The SMILES string of the molecule is CCCNC(=O)CCc1c(C)[nH]c(=O)c(C#N)c1C. The van der Waals surface area contributed by atoms with Crippen LogP contribution < -0.4 is 10.9 Å². The van der Waals surface area contributed by atoms with Crippen molar-refractivity contribution in [3.8, 4) is 6.07 Å². The van der Waals surface area contributed by atoms with E-state index in [0.29, 0.717) is 24.9 Å². The summed E-state index contributed by atoms with van der Waals surface area (Å²) in [6, 6.07) is 1.91. The van der Waals surface area contributed by atoms with E-state index in [-0.39, 0.29) is 17.0 Å². The van der Waals surface area contributed by atoms with Gasteiger partial charge in [0.05, 0.1) is 0 Å². The van der Waals surface area contributed by atoms with E-state index in [9.17, 15) is 9.59 Å². The molecule has 5 heteroatoms. The molecule has 0 aliphatic heterocycles. The molecule has 0 unspecified atom stereocenters. The Kier molecular flexibility index (Phi) is 5.31. The molecule has 0 aliphatic rings. The number of carbonyl (C=O) groups is 1. The molecule has 2 N–H and O–H groups in total. The molecule has 0 spiro atoms. The second-order valence-corrected chi connectivity index (χ2v) is 4.52. The number of amides is 1. The number of pyridine rings is 1. The third-order valence-corrected chi connectivity index (χ3v) is 3.09. The maximum Gasteiger partial charge on any atom is 0.266 e. The molecule has 1 rings (SSSR count). The number of nitrogens with one attached hydrogen (secondary N) is 2. The number of aryl methyl sites for hydroxylation is 1. The van der Waals surface area contributed by atoms with Crippen molar-refractivity contribution in [1.29, 1.82) is 5.26 Å². The second-order valence-electron chi connectivity index (χ2n) is 4.52. The van der Waals surface area contributed by atoms with Crippen LogP contribution in [0, 0.1) is 25.2 Å². The molecule has 0 saturated carbocycles. The van der Waals surface area contributed by atoms with Gasteiger partial charge >= 0.3 is 0 Å². The number of nitriles is 1. The number of rotatable bonds is 5. The van der Waals surface area contributed by atoms with Crippen molar-refractivity contribution in [1.82, 2.24) is 10.3 Å². The van der Waals surface area contributed by atoms with E-state index in [1.54, 1.807) is 13.8 Å². The van der Waals surface area contributed by atoms with Gasteiger partial charge in [-0.1, -0.05) is 6.92 Å². The minimum absolute atomic E-state index is 0.00893. The van der Waals surface area contributed by atoms with Crippen molar-refractivity contribution in [2.24, 2.45) is 0 Å². The number of aromatic amines is 1. The fourth-order valence-corrected chi connectivity index (χ4v) is 2.01. The number of nitrogens with zero attached hydrogens (tertiary/aromatic N) is 1. The summed E-state index contributed by atoms with van der Waals surface area (Å²) in [6.07, 6.45) is 1.79. The first-order valence-electron chi connectivity index (χ1n) is 6.40. The van der Waals surface area contributed by atoms with Gasteiger partial charge in [0, 0.05) is 18.7 Å². The summed E-state index contributed by atoms with van der Waals surface area (Å²) < 4.78 is 0. The zero-order valence-corrected chi connectivity index (χ0v) is 11.6. The van der Waals surface area contributed by atoms with Crippen molar-refractivity contribution in [2.45, 2.75) is 40.0 Å². The third-order valence-electron chi connectivity index (χ3n) is 3.09. The van der Waals surface area contributed by atoms with Gasteiger partial charge in [0.25, 0.3) is 5.56 Å². The van der Waals surface area contributed by atoms with E-state index < -0.39 is 0 Å². The molecule has 1 aromatic heterocycles. The number of hydrogen-bond acceptors (Lipinski definition) is 3. The van der Waals surface area contributed by atoms with Gasteiger partial charge < -0.3 is 10.3 Å². The highest BCUT2D eigenvalue weighted by atomic mass is 16.1. The summed E-state index contributed by atoms with van der Waals surface area (Å²) in [7, 11) is 0. The van der Waals surface area contributed by atoms with Gasteiger partial charge in [-0.2, -0.15) is 5.26 Å². The lowest BCUT2D eigenvalue weighted by Gasteiger charge is -2.10. The van der Waals surface area contributed by atoms with Gasteiger partial charge in [-0.05, 0) is 37.8 Å². The number of carbonyl (C=O) groups excluding carboxylic acids is 1. The molecule has 102 valence electrons. The van der Waals surface area contributed by atoms with Gasteiger partial charge in [0.15, 0.2) is 0 Å². The van der Waals surface area contributed by atoms with E-state index in [0.717, 1.165) is 17.7 Å². The zero-order valence-electron chi connectivity index (χ0n) is 11.6. The summed E-state index contributed by atoms with van der Waals surface area (Å²) >= 11 is 0. The Morgan fingerprint density at radius 3 is 2.68 bits per heavy atom. The molecule has 1 aromatic rings. The Labute approximate surface area is 112 Å². The van der Waals surface area contributed by atoms with Crippen LogP contribution in [0.15, 0.2) is 4.79 Å². The highest BCUT2D eigenvalue weighted by Gasteiger charge is 2.13. The van der Waals surface area contributed by atoms with Gasteiger partial charge in [0.2, 0.25) is 5.91 Å². The largest absolute Gasteiger partial charge is 0.356 e. The van der Waals surface area contributed by atoms with Crippen LogP contribution in [0.5, 0.6) is 0 Å². The molecule has 19 heavy (non-hydrogen) atoms. The van der Waals surface area contributed by atoms with Gasteiger partial charge in [-0.15, -0.1) is 0 Å². The molecule has 5 nitrogen and oxygen atoms in total. The fourth-order valence-electron chi connectivity index (χ4n) is 2.01. The maximum atomic E-state index is 11.6. The van der Waals surface area contributed by atoms with Crippen LogP contribution in [0.4, 0.5) is 0 Å². The lowest BCUT2D eigenvalue weighted by atomic mass is 9.99. The van der Waals surface area contributed by atoms with Crippen molar-refractivity contribution in [3.05, 3.63) is 32.7 Å². The smallest absolute Gasteiger partial charge is 0.266 e. The zero-order chi connectivity index (χ0) is 14.4. The summed E-state index contributed by atoms with van der Waals surface area (Å²) in [4.78, 5) is 25.8. The highest BCUT2D eigenvalue weighted by molar-refractivity contribution is 5.76. The monoisotopic (exact) mass is 261 g/mol. The Morgan fingerprint density at radius 2 is 2.11 bits per heavy atom. The first-order valence-corrected chi connectivity index (χ1v) is 6.40. The van der Waals surface area contributed by atoms with Crippen LogP contribution in [0.25, 0.3) is 0 Å². The van der Waals surface area contributed by atoms with Crippen LogP contribution in [-0.4, -0.2) is 17.4 Å². The number of hydrogen-bond donors (Lipinski definition) is 2. The molecule has 0 radical (unpaired) electrons. The van der Waals surface area contributed by atoms with Crippen LogP contribution >= 0.6 is 0 Å². The standard InChI is InChI=1S/C14H19N3O2/c1-4-7-16-13(18)6-5-11-9(2)12(8-15)14(19)17-10(11)3/h4-7H2,1-3H3,(H,16,18)(H,17,19). The number of aromatic nitrogens is 1. The predicted molar refractivity (Wildman–Crippen MR) is 72.9 cm³/mol. The van der Waals surface area contributed by atoms with Crippen LogP contribution in [0.3, 0.4) is 0 Å². The van der Waals surface area contributed by atoms with Gasteiger partial charge in [-0.25, -0.2) is 0 Å². The molecular weight excluding hydrogens is 242 g/mol. The van der Waals surface area contributed by atoms with Crippen molar-refractivity contribution in [3.63, 3.8) is 0 Å². The minimum Gasteiger partial charge on any atom is -0.356 e.